The van der Waals surface area contributed by atoms with E-state index in [0.717, 1.165) is 28.5 Å². The average molecular weight is 598 g/mol. The van der Waals surface area contributed by atoms with Crippen LogP contribution in [0, 0.1) is 6.92 Å². The van der Waals surface area contributed by atoms with Crippen molar-refractivity contribution in [3.63, 3.8) is 0 Å². The molecule has 3 heterocycles. The van der Waals surface area contributed by atoms with E-state index in [1.165, 1.54) is 3.97 Å². The third kappa shape index (κ3) is 5.56. The molecule has 3 aromatic carbocycles. The first-order chi connectivity index (χ1) is 20.1. The number of sulfonamides is 1. The molecule has 0 radical (unpaired) electrons. The van der Waals surface area contributed by atoms with Gasteiger partial charge in [-0.3, -0.25) is 9.40 Å². The molecule has 0 spiro atoms. The molecule has 0 aliphatic rings. The summed E-state index contributed by atoms with van der Waals surface area (Å²) in [5, 5.41) is 5.15. The number of hydrogen-bond donors (Lipinski definition) is 1. The van der Waals surface area contributed by atoms with Crippen LogP contribution in [0.15, 0.2) is 115 Å². The highest BCUT2D eigenvalue weighted by molar-refractivity contribution is 7.92. The Bertz CT molecular complexity index is 2140. The van der Waals surface area contributed by atoms with Crippen molar-refractivity contribution in [2.45, 2.75) is 18.4 Å². The SMILES string of the molecule is Cc1ccc(S(=O)(=O)n2cc(-c3cnn(Cc4ccccc4)c3)c3cc(-c4cccc(NS(C)(=O)=O)c4)cnc32)cc1. The molecule has 11 heteroatoms. The van der Waals surface area contributed by atoms with Crippen LogP contribution >= 0.6 is 0 Å². The zero-order valence-corrected chi connectivity index (χ0v) is 24.5. The molecule has 9 nitrogen and oxygen atoms in total. The Morgan fingerprint density at radius 2 is 1.55 bits per heavy atom. The monoisotopic (exact) mass is 597 g/mol. The minimum atomic E-state index is -3.97. The maximum absolute atomic E-state index is 13.8. The zero-order chi connectivity index (χ0) is 29.5. The number of nitrogens with one attached hydrogen (secondary N) is 1. The van der Waals surface area contributed by atoms with Gasteiger partial charge in [-0.15, -0.1) is 0 Å². The fourth-order valence-corrected chi connectivity index (χ4v) is 6.69. The largest absolute Gasteiger partial charge is 0.284 e. The molecule has 3 aromatic heterocycles. The van der Waals surface area contributed by atoms with Gasteiger partial charge >= 0.3 is 0 Å². The average Bonchev–Trinajstić information content (AvgIpc) is 3.57. The van der Waals surface area contributed by atoms with Crippen molar-refractivity contribution in [3.8, 4) is 22.3 Å². The van der Waals surface area contributed by atoms with Crippen LogP contribution in [-0.4, -0.2) is 41.8 Å². The third-order valence-corrected chi connectivity index (χ3v) is 9.09. The van der Waals surface area contributed by atoms with E-state index in [2.05, 4.69) is 14.8 Å². The summed E-state index contributed by atoms with van der Waals surface area (Å²) >= 11 is 0. The first-order valence-corrected chi connectivity index (χ1v) is 16.4. The number of aryl methyl sites for hydroxylation is 1. The highest BCUT2D eigenvalue weighted by Crippen LogP contribution is 2.35. The molecule has 0 bridgehead atoms. The van der Waals surface area contributed by atoms with Gasteiger partial charge in [-0.2, -0.15) is 5.10 Å². The number of nitrogens with zero attached hydrogens (tertiary/aromatic N) is 4. The number of rotatable bonds is 8. The molecule has 212 valence electrons. The first-order valence-electron chi connectivity index (χ1n) is 13.1. The normalized spacial score (nSPS) is 12.0. The van der Waals surface area contributed by atoms with Gasteiger partial charge in [0.05, 0.1) is 23.9 Å². The minimum absolute atomic E-state index is 0.154. The Kier molecular flexibility index (Phi) is 6.91. The van der Waals surface area contributed by atoms with E-state index in [1.54, 1.807) is 65.7 Å². The Morgan fingerprint density at radius 3 is 2.29 bits per heavy atom. The standard InChI is InChI=1S/C31H27N5O4S2/c1-22-11-13-28(14-12-22)42(39,40)36-21-30(26-18-33-35(20-26)19-23-7-4-3-5-8-23)29-16-25(17-32-31(29)36)24-9-6-10-27(15-24)34-41(2,37)38/h3-18,20-21,34H,19H2,1-2H3. The summed E-state index contributed by atoms with van der Waals surface area (Å²) in [5.41, 5.74) is 5.53. The Labute approximate surface area is 244 Å². The molecule has 42 heavy (non-hydrogen) atoms. The van der Waals surface area contributed by atoms with Gasteiger partial charge in [0.2, 0.25) is 10.0 Å². The van der Waals surface area contributed by atoms with Crippen LogP contribution in [0.1, 0.15) is 11.1 Å². The summed E-state index contributed by atoms with van der Waals surface area (Å²) in [6, 6.07) is 25.4. The molecule has 0 atom stereocenters. The van der Waals surface area contributed by atoms with Gasteiger partial charge < -0.3 is 0 Å². The van der Waals surface area contributed by atoms with Crippen LogP contribution in [0.3, 0.4) is 0 Å². The summed E-state index contributed by atoms with van der Waals surface area (Å²) < 4.78 is 56.7. The summed E-state index contributed by atoms with van der Waals surface area (Å²) in [6.45, 7) is 2.46. The first kappa shape index (κ1) is 27.4. The number of benzene rings is 3. The van der Waals surface area contributed by atoms with Gasteiger partial charge in [0.15, 0.2) is 5.65 Å². The summed E-state index contributed by atoms with van der Waals surface area (Å²) in [4.78, 5) is 4.76. The van der Waals surface area contributed by atoms with Gasteiger partial charge in [0.1, 0.15) is 0 Å². The number of pyridine rings is 1. The predicted molar refractivity (Wildman–Crippen MR) is 164 cm³/mol. The summed E-state index contributed by atoms with van der Waals surface area (Å²) in [5.74, 6) is 0. The minimum Gasteiger partial charge on any atom is -0.284 e. The second-order valence-corrected chi connectivity index (χ2v) is 13.7. The van der Waals surface area contributed by atoms with Crippen LogP contribution in [0.5, 0.6) is 0 Å². The van der Waals surface area contributed by atoms with E-state index < -0.39 is 20.0 Å². The lowest BCUT2D eigenvalue weighted by atomic mass is 10.0. The maximum atomic E-state index is 13.8. The van der Waals surface area contributed by atoms with Gasteiger partial charge in [-0.25, -0.2) is 25.8 Å². The Balaban J connectivity index is 1.50. The molecule has 6 aromatic rings. The molecular weight excluding hydrogens is 571 g/mol. The molecular formula is C31H27N5O4S2. The van der Waals surface area contributed by atoms with Crippen LogP contribution < -0.4 is 4.72 Å². The fraction of sp³-hybridized carbons (Fsp3) is 0.0968. The fourth-order valence-electron chi connectivity index (χ4n) is 4.81. The molecule has 0 aliphatic carbocycles. The lowest BCUT2D eigenvalue weighted by molar-refractivity contribution is 0.588. The van der Waals surface area contributed by atoms with Gasteiger partial charge in [0, 0.05) is 46.4 Å². The van der Waals surface area contributed by atoms with Crippen molar-refractivity contribution >= 4 is 36.8 Å². The Morgan fingerprint density at radius 1 is 0.786 bits per heavy atom. The van der Waals surface area contributed by atoms with Crippen molar-refractivity contribution in [1.29, 1.82) is 0 Å². The topological polar surface area (TPSA) is 116 Å². The van der Waals surface area contributed by atoms with Gasteiger partial charge in [0.25, 0.3) is 10.0 Å². The van der Waals surface area contributed by atoms with Crippen LogP contribution in [0.2, 0.25) is 0 Å². The van der Waals surface area contributed by atoms with E-state index in [1.807, 2.05) is 55.6 Å². The van der Waals surface area contributed by atoms with Gasteiger partial charge in [-0.05, 0) is 48.4 Å². The smallest absolute Gasteiger partial charge is 0.269 e. The van der Waals surface area contributed by atoms with Gasteiger partial charge in [-0.1, -0.05) is 60.2 Å². The van der Waals surface area contributed by atoms with Crippen molar-refractivity contribution in [2.75, 3.05) is 11.0 Å². The van der Waals surface area contributed by atoms with Crippen molar-refractivity contribution in [2.24, 2.45) is 0 Å². The second-order valence-electron chi connectivity index (χ2n) is 10.1. The summed E-state index contributed by atoms with van der Waals surface area (Å²) in [7, 11) is -7.43. The van der Waals surface area contributed by atoms with Crippen molar-refractivity contribution in [3.05, 3.63) is 121 Å². The van der Waals surface area contributed by atoms with Crippen molar-refractivity contribution in [1.82, 2.24) is 18.7 Å². The molecule has 0 fully saturated rings. The van der Waals surface area contributed by atoms with E-state index in [4.69, 9.17) is 0 Å². The highest BCUT2D eigenvalue weighted by atomic mass is 32.2. The molecule has 0 amide bonds. The third-order valence-electron chi connectivity index (χ3n) is 6.82. The van der Waals surface area contributed by atoms with Crippen molar-refractivity contribution < 1.29 is 16.8 Å². The van der Waals surface area contributed by atoms with Crippen LogP contribution in [0.25, 0.3) is 33.3 Å². The summed E-state index contributed by atoms with van der Waals surface area (Å²) in [6.07, 6.45) is 7.86. The second kappa shape index (κ2) is 10.6. The van der Waals surface area contributed by atoms with E-state index in [-0.39, 0.29) is 10.5 Å². The van der Waals surface area contributed by atoms with E-state index >= 15 is 0 Å². The number of fused-ring (bicyclic) bond motifs is 1. The quantitative estimate of drug-likeness (QED) is 0.247. The zero-order valence-electron chi connectivity index (χ0n) is 22.8. The Hall–Kier alpha value is -4.74. The van der Waals surface area contributed by atoms with Crippen LogP contribution in [0.4, 0.5) is 5.69 Å². The lowest BCUT2D eigenvalue weighted by Gasteiger charge is -2.09. The number of anilines is 1. The molecule has 1 N–H and O–H groups in total. The maximum Gasteiger partial charge on any atom is 0.269 e. The highest BCUT2D eigenvalue weighted by Gasteiger charge is 2.24. The van der Waals surface area contributed by atoms with Crippen LogP contribution in [-0.2, 0) is 26.6 Å². The number of hydrogen-bond acceptors (Lipinski definition) is 6. The molecule has 0 saturated carbocycles. The number of aromatic nitrogens is 4. The molecule has 0 unspecified atom stereocenters. The molecule has 6 rings (SSSR count). The lowest BCUT2D eigenvalue weighted by Crippen LogP contribution is -2.12. The van der Waals surface area contributed by atoms with E-state index in [9.17, 15) is 16.8 Å². The molecule has 0 aliphatic heterocycles. The van der Waals surface area contributed by atoms with E-state index in [0.29, 0.717) is 28.7 Å². The predicted octanol–water partition coefficient (Wildman–Crippen LogP) is 5.53. The molecule has 0 saturated heterocycles.